The molecule has 2 amide bonds. The molecule has 1 aromatic rings. The third kappa shape index (κ3) is 4.72. The molecule has 0 fully saturated rings. The summed E-state index contributed by atoms with van der Waals surface area (Å²) in [6, 6.07) is 4.26. The van der Waals surface area contributed by atoms with Crippen LogP contribution in [0.4, 0.5) is 10.5 Å². The SMILES string of the molecule is CC(C)N(CC(=O)O)C(=O)Nc1cc(Cl)ccc1Br. The van der Waals surface area contributed by atoms with E-state index in [1.54, 1.807) is 32.0 Å². The summed E-state index contributed by atoms with van der Waals surface area (Å²) in [4.78, 5) is 24.0. The predicted octanol–water partition coefficient (Wildman–Crippen LogP) is 3.43. The van der Waals surface area contributed by atoms with Crippen molar-refractivity contribution in [2.45, 2.75) is 19.9 Å². The molecule has 0 aliphatic heterocycles. The molecule has 0 atom stereocenters. The summed E-state index contributed by atoms with van der Waals surface area (Å²) in [5, 5.41) is 11.9. The molecule has 7 heteroatoms. The van der Waals surface area contributed by atoms with Crippen molar-refractivity contribution in [2.75, 3.05) is 11.9 Å². The lowest BCUT2D eigenvalue weighted by Crippen LogP contribution is -2.43. The molecule has 1 rings (SSSR count). The molecular weight excluding hydrogens is 336 g/mol. The molecule has 0 bridgehead atoms. The van der Waals surface area contributed by atoms with Gasteiger partial charge in [0.1, 0.15) is 6.54 Å². The zero-order valence-corrected chi connectivity index (χ0v) is 12.8. The molecule has 2 N–H and O–H groups in total. The maximum atomic E-state index is 12.0. The van der Waals surface area contributed by atoms with Gasteiger partial charge in [0.25, 0.3) is 0 Å². The summed E-state index contributed by atoms with van der Waals surface area (Å²) in [7, 11) is 0. The number of carboxylic acid groups (broad SMARTS) is 1. The highest BCUT2D eigenvalue weighted by atomic mass is 79.9. The first kappa shape index (κ1) is 15.8. The Morgan fingerprint density at radius 2 is 2.11 bits per heavy atom. The van der Waals surface area contributed by atoms with Crippen LogP contribution in [0.25, 0.3) is 0 Å². The zero-order chi connectivity index (χ0) is 14.6. The number of benzene rings is 1. The quantitative estimate of drug-likeness (QED) is 0.875. The number of carbonyl (C=O) groups excluding carboxylic acids is 1. The fourth-order valence-electron chi connectivity index (χ4n) is 1.41. The molecule has 0 unspecified atom stereocenters. The van der Waals surface area contributed by atoms with Gasteiger partial charge < -0.3 is 15.3 Å². The summed E-state index contributed by atoms with van der Waals surface area (Å²) in [6.07, 6.45) is 0. The van der Waals surface area contributed by atoms with E-state index in [4.69, 9.17) is 16.7 Å². The van der Waals surface area contributed by atoms with Gasteiger partial charge in [-0.1, -0.05) is 11.6 Å². The van der Waals surface area contributed by atoms with E-state index in [1.165, 1.54) is 4.90 Å². The fraction of sp³-hybridized carbons (Fsp3) is 0.333. The van der Waals surface area contributed by atoms with Gasteiger partial charge in [-0.3, -0.25) is 4.79 Å². The monoisotopic (exact) mass is 348 g/mol. The molecule has 0 spiro atoms. The van der Waals surface area contributed by atoms with Gasteiger partial charge in [-0.05, 0) is 48.0 Å². The topological polar surface area (TPSA) is 69.6 Å². The Bertz CT molecular complexity index is 494. The molecule has 5 nitrogen and oxygen atoms in total. The van der Waals surface area contributed by atoms with Crippen LogP contribution in [0.15, 0.2) is 22.7 Å². The number of amides is 2. The average Bonchev–Trinajstić information content (AvgIpc) is 2.30. The lowest BCUT2D eigenvalue weighted by molar-refractivity contribution is -0.137. The Labute approximate surface area is 124 Å². The number of urea groups is 1. The molecule has 19 heavy (non-hydrogen) atoms. The Kier molecular flexibility index (Phi) is 5.62. The van der Waals surface area contributed by atoms with Crippen molar-refractivity contribution in [3.8, 4) is 0 Å². The van der Waals surface area contributed by atoms with Gasteiger partial charge in [0, 0.05) is 15.5 Å². The second kappa shape index (κ2) is 6.77. The van der Waals surface area contributed by atoms with Gasteiger partial charge in [0.05, 0.1) is 5.69 Å². The minimum atomic E-state index is -1.06. The number of hydrogen-bond donors (Lipinski definition) is 2. The maximum Gasteiger partial charge on any atom is 0.323 e. The normalized spacial score (nSPS) is 10.4. The van der Waals surface area contributed by atoms with Crippen molar-refractivity contribution >= 4 is 45.2 Å². The van der Waals surface area contributed by atoms with Crippen molar-refractivity contribution < 1.29 is 14.7 Å². The number of hydrogen-bond acceptors (Lipinski definition) is 2. The first-order chi connectivity index (χ1) is 8.81. The Morgan fingerprint density at radius 1 is 1.47 bits per heavy atom. The highest BCUT2D eigenvalue weighted by Gasteiger charge is 2.20. The van der Waals surface area contributed by atoms with E-state index in [2.05, 4.69) is 21.2 Å². The van der Waals surface area contributed by atoms with Crippen LogP contribution in [-0.2, 0) is 4.79 Å². The van der Waals surface area contributed by atoms with Crippen molar-refractivity contribution in [3.63, 3.8) is 0 Å². The molecule has 0 radical (unpaired) electrons. The summed E-state index contributed by atoms with van der Waals surface area (Å²) < 4.78 is 0.671. The number of nitrogens with one attached hydrogen (secondary N) is 1. The lowest BCUT2D eigenvalue weighted by Gasteiger charge is -2.25. The van der Waals surface area contributed by atoms with E-state index in [0.717, 1.165) is 0 Å². The minimum absolute atomic E-state index is 0.228. The third-order valence-electron chi connectivity index (χ3n) is 2.36. The first-order valence-corrected chi connectivity index (χ1v) is 6.73. The van der Waals surface area contributed by atoms with Crippen LogP contribution in [0.1, 0.15) is 13.8 Å². The lowest BCUT2D eigenvalue weighted by atomic mass is 10.3. The van der Waals surface area contributed by atoms with Crippen LogP contribution >= 0.6 is 27.5 Å². The third-order valence-corrected chi connectivity index (χ3v) is 3.29. The molecule has 0 aliphatic carbocycles. The Balaban J connectivity index is 2.87. The number of carboxylic acids is 1. The Morgan fingerprint density at radius 3 is 2.63 bits per heavy atom. The second-order valence-electron chi connectivity index (χ2n) is 4.17. The summed E-state index contributed by atoms with van der Waals surface area (Å²) in [6.45, 7) is 3.13. The highest BCUT2D eigenvalue weighted by molar-refractivity contribution is 9.10. The molecule has 1 aromatic carbocycles. The number of rotatable bonds is 4. The van der Waals surface area contributed by atoms with Gasteiger partial charge >= 0.3 is 12.0 Å². The van der Waals surface area contributed by atoms with Gasteiger partial charge in [-0.2, -0.15) is 0 Å². The summed E-state index contributed by atoms with van der Waals surface area (Å²) >= 11 is 9.13. The summed E-state index contributed by atoms with van der Waals surface area (Å²) in [5.74, 6) is -1.06. The van der Waals surface area contributed by atoms with Crippen molar-refractivity contribution in [3.05, 3.63) is 27.7 Å². The van der Waals surface area contributed by atoms with Crippen molar-refractivity contribution in [2.24, 2.45) is 0 Å². The smallest absolute Gasteiger partial charge is 0.323 e. The average molecular weight is 350 g/mol. The summed E-state index contributed by atoms with van der Waals surface area (Å²) in [5.41, 5.74) is 0.494. The number of aliphatic carboxylic acids is 1. The molecule has 0 saturated carbocycles. The number of carbonyl (C=O) groups is 2. The van der Waals surface area contributed by atoms with E-state index >= 15 is 0 Å². The molecule has 0 heterocycles. The second-order valence-corrected chi connectivity index (χ2v) is 5.46. The first-order valence-electron chi connectivity index (χ1n) is 5.55. The van der Waals surface area contributed by atoms with E-state index < -0.39 is 12.0 Å². The van der Waals surface area contributed by atoms with E-state index in [0.29, 0.717) is 15.2 Å². The molecule has 0 aromatic heterocycles. The molecule has 104 valence electrons. The van der Waals surface area contributed by atoms with E-state index in [-0.39, 0.29) is 12.6 Å². The number of anilines is 1. The minimum Gasteiger partial charge on any atom is -0.480 e. The molecule has 0 aliphatic rings. The van der Waals surface area contributed by atoms with E-state index in [9.17, 15) is 9.59 Å². The molecule has 0 saturated heterocycles. The highest BCUT2D eigenvalue weighted by Crippen LogP contribution is 2.26. The van der Waals surface area contributed by atoms with Crippen LogP contribution in [-0.4, -0.2) is 34.6 Å². The number of nitrogens with zero attached hydrogens (tertiary/aromatic N) is 1. The largest absolute Gasteiger partial charge is 0.480 e. The van der Waals surface area contributed by atoms with Gasteiger partial charge in [-0.15, -0.1) is 0 Å². The molecular formula is C12H14BrClN2O3. The van der Waals surface area contributed by atoms with Crippen LogP contribution in [0.3, 0.4) is 0 Å². The van der Waals surface area contributed by atoms with Crippen LogP contribution in [0, 0.1) is 0 Å². The van der Waals surface area contributed by atoms with Crippen LogP contribution in [0.5, 0.6) is 0 Å². The predicted molar refractivity (Wildman–Crippen MR) is 77.6 cm³/mol. The Hall–Kier alpha value is -1.27. The van der Waals surface area contributed by atoms with Gasteiger partial charge in [-0.25, -0.2) is 4.79 Å². The maximum absolute atomic E-state index is 12.0. The standard InChI is InChI=1S/C12H14BrClN2O3/c1-7(2)16(6-11(17)18)12(19)15-10-5-8(14)3-4-9(10)13/h3-5,7H,6H2,1-2H3,(H,15,19)(H,17,18). The van der Waals surface area contributed by atoms with Gasteiger partial charge in [0.2, 0.25) is 0 Å². The number of halogens is 2. The van der Waals surface area contributed by atoms with E-state index in [1.807, 2.05) is 0 Å². The van der Waals surface area contributed by atoms with Crippen molar-refractivity contribution in [1.29, 1.82) is 0 Å². The van der Waals surface area contributed by atoms with Crippen molar-refractivity contribution in [1.82, 2.24) is 4.90 Å². The van der Waals surface area contributed by atoms with Crippen LogP contribution in [0.2, 0.25) is 5.02 Å². The fourth-order valence-corrected chi connectivity index (χ4v) is 1.93. The zero-order valence-electron chi connectivity index (χ0n) is 10.5. The van der Waals surface area contributed by atoms with Crippen LogP contribution < -0.4 is 5.32 Å². The van der Waals surface area contributed by atoms with Gasteiger partial charge in [0.15, 0.2) is 0 Å².